The standard InChI is InChI=1S/C17H22N6O2/c1-18-16(24)14-9-21(2)6-7-22(10-14)17(25)13-4-3-5-15(8-13)23-11-19-20-12-23/h3-5,8,11-12,14H,6-7,9-10H2,1-2H3,(H,18,24). The van der Waals surface area contributed by atoms with Gasteiger partial charge < -0.3 is 15.1 Å². The Balaban J connectivity index is 1.82. The van der Waals surface area contributed by atoms with E-state index in [1.165, 1.54) is 0 Å². The Bertz CT molecular complexity index is 745. The number of carbonyl (C=O) groups is 2. The first-order chi connectivity index (χ1) is 12.1. The first-order valence-electron chi connectivity index (χ1n) is 8.23. The van der Waals surface area contributed by atoms with Crippen LogP contribution >= 0.6 is 0 Å². The molecule has 0 spiro atoms. The molecular formula is C17H22N6O2. The van der Waals surface area contributed by atoms with Gasteiger partial charge in [0.15, 0.2) is 0 Å². The van der Waals surface area contributed by atoms with Crippen molar-refractivity contribution in [3.8, 4) is 5.69 Å². The normalized spacial score (nSPS) is 18.6. The molecule has 3 rings (SSSR count). The van der Waals surface area contributed by atoms with Gasteiger partial charge in [-0.3, -0.25) is 14.2 Å². The molecule has 1 unspecified atom stereocenters. The third-order valence-corrected chi connectivity index (χ3v) is 4.44. The predicted octanol–water partition coefficient (Wildman–Crippen LogP) is 0.0171. The van der Waals surface area contributed by atoms with Crippen LogP contribution in [0.5, 0.6) is 0 Å². The topological polar surface area (TPSA) is 83.4 Å². The van der Waals surface area contributed by atoms with Crippen molar-refractivity contribution in [2.24, 2.45) is 5.92 Å². The van der Waals surface area contributed by atoms with E-state index >= 15 is 0 Å². The monoisotopic (exact) mass is 342 g/mol. The summed E-state index contributed by atoms with van der Waals surface area (Å²) in [5, 5.41) is 10.3. The van der Waals surface area contributed by atoms with Crippen LogP contribution in [0.2, 0.25) is 0 Å². The molecule has 0 saturated carbocycles. The molecule has 0 aliphatic carbocycles. The van der Waals surface area contributed by atoms with Crippen molar-refractivity contribution < 1.29 is 9.59 Å². The molecule has 1 aliphatic heterocycles. The minimum absolute atomic E-state index is 0.0372. The summed E-state index contributed by atoms with van der Waals surface area (Å²) < 4.78 is 1.75. The lowest BCUT2D eigenvalue weighted by molar-refractivity contribution is -0.125. The molecule has 1 atom stereocenters. The number of nitrogens with zero attached hydrogens (tertiary/aromatic N) is 5. The van der Waals surface area contributed by atoms with Crippen molar-refractivity contribution in [2.45, 2.75) is 0 Å². The van der Waals surface area contributed by atoms with Crippen LogP contribution in [0.4, 0.5) is 0 Å². The quantitative estimate of drug-likeness (QED) is 0.850. The van der Waals surface area contributed by atoms with Crippen LogP contribution in [0, 0.1) is 5.92 Å². The van der Waals surface area contributed by atoms with Crippen molar-refractivity contribution in [1.29, 1.82) is 0 Å². The lowest BCUT2D eigenvalue weighted by Crippen LogP contribution is -2.41. The van der Waals surface area contributed by atoms with Gasteiger partial charge in [-0.05, 0) is 25.2 Å². The molecule has 2 amide bonds. The molecule has 1 fully saturated rings. The first kappa shape index (κ1) is 17.1. The van der Waals surface area contributed by atoms with Gasteiger partial charge in [-0.15, -0.1) is 10.2 Å². The molecule has 132 valence electrons. The van der Waals surface area contributed by atoms with Crippen molar-refractivity contribution >= 4 is 11.8 Å². The van der Waals surface area contributed by atoms with Crippen LogP contribution in [0.3, 0.4) is 0 Å². The van der Waals surface area contributed by atoms with Crippen molar-refractivity contribution in [3.63, 3.8) is 0 Å². The number of amides is 2. The SMILES string of the molecule is CNC(=O)C1CN(C)CCN(C(=O)c2cccc(-n3cnnc3)c2)C1. The lowest BCUT2D eigenvalue weighted by atomic mass is 10.1. The molecule has 8 heteroatoms. The maximum atomic E-state index is 13.0. The predicted molar refractivity (Wildman–Crippen MR) is 92.3 cm³/mol. The summed E-state index contributed by atoms with van der Waals surface area (Å²) in [4.78, 5) is 28.9. The summed E-state index contributed by atoms with van der Waals surface area (Å²) in [5.41, 5.74) is 1.41. The van der Waals surface area contributed by atoms with Gasteiger partial charge >= 0.3 is 0 Å². The zero-order chi connectivity index (χ0) is 17.8. The van der Waals surface area contributed by atoms with Crippen LogP contribution in [0.1, 0.15) is 10.4 Å². The minimum atomic E-state index is -0.234. The summed E-state index contributed by atoms with van der Waals surface area (Å²) in [6.07, 6.45) is 3.18. The van der Waals surface area contributed by atoms with Gasteiger partial charge in [0.25, 0.3) is 5.91 Å². The van der Waals surface area contributed by atoms with Crippen LogP contribution < -0.4 is 5.32 Å². The first-order valence-corrected chi connectivity index (χ1v) is 8.23. The second-order valence-electron chi connectivity index (χ2n) is 6.24. The van der Waals surface area contributed by atoms with Crippen LogP contribution in [-0.4, -0.2) is 76.7 Å². The highest BCUT2D eigenvalue weighted by molar-refractivity contribution is 5.95. The molecule has 1 aromatic heterocycles. The molecule has 1 N–H and O–H groups in total. The molecule has 0 bridgehead atoms. The Morgan fingerprint density at radius 3 is 2.64 bits per heavy atom. The lowest BCUT2D eigenvalue weighted by Gasteiger charge is -2.23. The Morgan fingerprint density at radius 1 is 1.16 bits per heavy atom. The van der Waals surface area contributed by atoms with Gasteiger partial charge in [0.05, 0.1) is 5.92 Å². The molecule has 1 aliphatic rings. The van der Waals surface area contributed by atoms with Crippen LogP contribution in [-0.2, 0) is 4.79 Å². The van der Waals surface area contributed by atoms with Gasteiger partial charge in [-0.1, -0.05) is 6.07 Å². The largest absolute Gasteiger partial charge is 0.359 e. The molecule has 2 aromatic rings. The maximum absolute atomic E-state index is 13.0. The van der Waals surface area contributed by atoms with Gasteiger partial charge in [0.1, 0.15) is 12.7 Å². The summed E-state index contributed by atoms with van der Waals surface area (Å²) >= 11 is 0. The van der Waals surface area contributed by atoms with E-state index in [2.05, 4.69) is 20.4 Å². The van der Waals surface area contributed by atoms with E-state index in [0.717, 1.165) is 12.2 Å². The highest BCUT2D eigenvalue weighted by atomic mass is 16.2. The molecule has 1 saturated heterocycles. The second kappa shape index (κ2) is 7.43. The van der Waals surface area contributed by atoms with Crippen LogP contribution in [0.15, 0.2) is 36.9 Å². The summed E-state index contributed by atoms with van der Waals surface area (Å²) in [6, 6.07) is 7.33. The van der Waals surface area contributed by atoms with E-state index in [1.807, 2.05) is 25.2 Å². The Kier molecular flexibility index (Phi) is 5.08. The molecule has 0 radical (unpaired) electrons. The number of hydrogen-bond acceptors (Lipinski definition) is 5. The molecular weight excluding hydrogens is 320 g/mol. The average molecular weight is 342 g/mol. The zero-order valence-electron chi connectivity index (χ0n) is 14.4. The van der Waals surface area contributed by atoms with Crippen molar-refractivity contribution in [3.05, 3.63) is 42.5 Å². The molecule has 1 aromatic carbocycles. The summed E-state index contributed by atoms with van der Waals surface area (Å²) in [7, 11) is 3.60. The Labute approximate surface area is 146 Å². The smallest absolute Gasteiger partial charge is 0.253 e. The fourth-order valence-corrected chi connectivity index (χ4v) is 3.04. The van der Waals surface area contributed by atoms with Gasteiger partial charge in [-0.25, -0.2) is 0 Å². The van der Waals surface area contributed by atoms with Gasteiger partial charge in [0.2, 0.25) is 5.91 Å². The fourth-order valence-electron chi connectivity index (χ4n) is 3.04. The van der Waals surface area contributed by atoms with E-state index in [9.17, 15) is 9.59 Å². The number of hydrogen-bond donors (Lipinski definition) is 1. The molecule has 2 heterocycles. The Morgan fingerprint density at radius 2 is 1.92 bits per heavy atom. The third kappa shape index (κ3) is 3.85. The van der Waals surface area contributed by atoms with Crippen molar-refractivity contribution in [1.82, 2.24) is 29.9 Å². The average Bonchev–Trinajstić information content (AvgIpc) is 3.10. The maximum Gasteiger partial charge on any atom is 0.253 e. The summed E-state index contributed by atoms with van der Waals surface area (Å²) in [5.74, 6) is -0.341. The molecule has 8 nitrogen and oxygen atoms in total. The number of nitrogens with one attached hydrogen (secondary N) is 1. The third-order valence-electron chi connectivity index (χ3n) is 4.44. The molecule has 25 heavy (non-hydrogen) atoms. The second-order valence-corrected chi connectivity index (χ2v) is 6.24. The number of benzene rings is 1. The van der Waals surface area contributed by atoms with Gasteiger partial charge in [-0.2, -0.15) is 0 Å². The summed E-state index contributed by atoms with van der Waals surface area (Å²) in [6.45, 7) is 2.40. The van der Waals surface area contributed by atoms with Crippen molar-refractivity contribution in [2.75, 3.05) is 40.3 Å². The van der Waals surface area contributed by atoms with E-state index in [0.29, 0.717) is 25.2 Å². The van der Waals surface area contributed by atoms with Gasteiger partial charge in [0, 0.05) is 44.5 Å². The Hall–Kier alpha value is -2.74. The van der Waals surface area contributed by atoms with Crippen LogP contribution in [0.25, 0.3) is 5.69 Å². The number of carbonyl (C=O) groups excluding carboxylic acids is 2. The number of likely N-dealkylation sites (N-methyl/N-ethyl adjacent to an activating group) is 1. The fraction of sp³-hybridized carbons (Fsp3) is 0.412. The van der Waals surface area contributed by atoms with E-state index < -0.39 is 0 Å². The number of aromatic nitrogens is 3. The number of rotatable bonds is 3. The van der Waals surface area contributed by atoms with E-state index in [4.69, 9.17) is 0 Å². The minimum Gasteiger partial charge on any atom is -0.359 e. The zero-order valence-corrected chi connectivity index (χ0v) is 14.4. The van der Waals surface area contributed by atoms with E-state index in [1.54, 1.807) is 35.2 Å². The van der Waals surface area contributed by atoms with E-state index in [-0.39, 0.29) is 17.7 Å². The highest BCUT2D eigenvalue weighted by Gasteiger charge is 2.28. The highest BCUT2D eigenvalue weighted by Crippen LogP contribution is 2.15.